The summed E-state index contributed by atoms with van der Waals surface area (Å²) >= 11 is 0. The van der Waals surface area contributed by atoms with Crippen molar-refractivity contribution in [1.29, 1.82) is 0 Å². The van der Waals surface area contributed by atoms with E-state index in [1.165, 1.54) is 0 Å². The van der Waals surface area contributed by atoms with Gasteiger partial charge in [-0.2, -0.15) is 0 Å². The number of methoxy groups -OCH3 is 1. The van der Waals surface area contributed by atoms with Crippen LogP contribution < -0.4 is 19.7 Å². The van der Waals surface area contributed by atoms with E-state index in [1.54, 1.807) is 13.2 Å². The first-order valence-corrected chi connectivity index (χ1v) is 9.06. The van der Waals surface area contributed by atoms with Gasteiger partial charge in [0.25, 0.3) is 5.91 Å². The molecule has 1 fully saturated rings. The minimum atomic E-state index is -0.0222. The summed E-state index contributed by atoms with van der Waals surface area (Å²) in [6.07, 6.45) is 0. The van der Waals surface area contributed by atoms with Crippen molar-refractivity contribution >= 4 is 17.5 Å². The van der Waals surface area contributed by atoms with Crippen molar-refractivity contribution in [3.63, 3.8) is 0 Å². The Morgan fingerprint density at radius 1 is 1.11 bits per heavy atom. The van der Waals surface area contributed by atoms with Crippen molar-refractivity contribution in [2.75, 3.05) is 56.7 Å². The molecule has 1 N–H and O–H groups in total. The van der Waals surface area contributed by atoms with Gasteiger partial charge in [-0.05, 0) is 31.2 Å². The Labute approximate surface area is 159 Å². The molecule has 1 aromatic heterocycles. The van der Waals surface area contributed by atoms with E-state index >= 15 is 0 Å². The molecule has 1 saturated heterocycles. The van der Waals surface area contributed by atoms with Crippen LogP contribution in [0, 0.1) is 0 Å². The number of carbonyl (C=O) groups is 1. The van der Waals surface area contributed by atoms with E-state index in [-0.39, 0.29) is 12.5 Å². The maximum Gasteiger partial charge on any atom is 0.260 e. The fourth-order valence-electron chi connectivity index (χ4n) is 2.88. The molecule has 3 rings (SSSR count). The first-order valence-electron chi connectivity index (χ1n) is 9.06. The number of hydrogen-bond acceptors (Lipinski definition) is 7. The van der Waals surface area contributed by atoms with E-state index in [9.17, 15) is 4.79 Å². The quantitative estimate of drug-likeness (QED) is 0.793. The van der Waals surface area contributed by atoms with Gasteiger partial charge in [-0.25, -0.2) is 0 Å². The maximum absolute atomic E-state index is 12.4. The molecule has 1 aliphatic heterocycles. The van der Waals surface area contributed by atoms with Crippen LogP contribution in [0.1, 0.15) is 6.92 Å². The third-order valence-corrected chi connectivity index (χ3v) is 4.37. The molecule has 1 amide bonds. The molecule has 8 nitrogen and oxygen atoms in total. The second-order valence-electron chi connectivity index (χ2n) is 6.14. The van der Waals surface area contributed by atoms with Gasteiger partial charge in [-0.1, -0.05) is 6.07 Å². The number of hydrogen-bond donors (Lipinski definition) is 1. The van der Waals surface area contributed by atoms with Crippen LogP contribution in [0.4, 0.5) is 11.6 Å². The number of nitrogens with one attached hydrogen (secondary N) is 1. The van der Waals surface area contributed by atoms with Crippen LogP contribution in [0.15, 0.2) is 36.4 Å². The molecule has 0 unspecified atom stereocenters. The Hall–Kier alpha value is -3.03. The summed E-state index contributed by atoms with van der Waals surface area (Å²) in [6.45, 7) is 5.56. The van der Waals surface area contributed by atoms with Crippen LogP contribution in [0.5, 0.6) is 11.5 Å². The Morgan fingerprint density at radius 3 is 2.56 bits per heavy atom. The van der Waals surface area contributed by atoms with Crippen molar-refractivity contribution in [1.82, 2.24) is 15.1 Å². The smallest absolute Gasteiger partial charge is 0.260 e. The largest absolute Gasteiger partial charge is 0.497 e. The summed E-state index contributed by atoms with van der Waals surface area (Å²) in [4.78, 5) is 16.4. The van der Waals surface area contributed by atoms with E-state index in [1.807, 2.05) is 42.2 Å². The summed E-state index contributed by atoms with van der Waals surface area (Å²) in [5.74, 6) is 2.90. The summed E-state index contributed by atoms with van der Waals surface area (Å²) in [6, 6.07) is 11.1. The number of carbonyl (C=O) groups excluding carboxylic acids is 1. The molecule has 0 bridgehead atoms. The highest BCUT2D eigenvalue weighted by atomic mass is 16.5. The van der Waals surface area contributed by atoms with Gasteiger partial charge < -0.3 is 24.6 Å². The first kappa shape index (κ1) is 18.8. The van der Waals surface area contributed by atoms with E-state index in [4.69, 9.17) is 9.47 Å². The van der Waals surface area contributed by atoms with Crippen molar-refractivity contribution in [3.8, 4) is 11.5 Å². The van der Waals surface area contributed by atoms with Crippen molar-refractivity contribution in [3.05, 3.63) is 36.4 Å². The molecule has 27 heavy (non-hydrogen) atoms. The molecule has 1 aromatic carbocycles. The molecule has 0 spiro atoms. The summed E-state index contributed by atoms with van der Waals surface area (Å²) in [5, 5.41) is 11.5. The van der Waals surface area contributed by atoms with Crippen molar-refractivity contribution in [2.45, 2.75) is 6.92 Å². The number of piperazine rings is 1. The van der Waals surface area contributed by atoms with E-state index in [2.05, 4.69) is 20.4 Å². The number of benzene rings is 1. The molecule has 0 radical (unpaired) electrons. The average Bonchev–Trinajstić information content (AvgIpc) is 2.73. The number of anilines is 2. The Kier molecular flexibility index (Phi) is 6.30. The molecule has 0 atom stereocenters. The number of nitrogens with zero attached hydrogens (tertiary/aromatic N) is 4. The lowest BCUT2D eigenvalue weighted by molar-refractivity contribution is -0.133. The third kappa shape index (κ3) is 4.99. The van der Waals surface area contributed by atoms with Crippen LogP contribution in [0.2, 0.25) is 0 Å². The highest BCUT2D eigenvalue weighted by Gasteiger charge is 2.22. The van der Waals surface area contributed by atoms with Gasteiger partial charge in [0.1, 0.15) is 17.3 Å². The summed E-state index contributed by atoms with van der Waals surface area (Å²) < 4.78 is 10.8. The van der Waals surface area contributed by atoms with Gasteiger partial charge >= 0.3 is 0 Å². The van der Waals surface area contributed by atoms with Crippen LogP contribution in [0.25, 0.3) is 0 Å². The normalized spacial score (nSPS) is 14.0. The minimum Gasteiger partial charge on any atom is -0.497 e. The Balaban J connectivity index is 1.47. The monoisotopic (exact) mass is 371 g/mol. The zero-order chi connectivity index (χ0) is 19.1. The maximum atomic E-state index is 12.4. The highest BCUT2D eigenvalue weighted by molar-refractivity contribution is 5.78. The number of ether oxygens (including phenoxy) is 2. The molecular formula is C19H25N5O3. The lowest BCUT2D eigenvalue weighted by atomic mass is 10.3. The first-order chi connectivity index (χ1) is 13.2. The van der Waals surface area contributed by atoms with Gasteiger partial charge in [0, 0.05) is 38.8 Å². The van der Waals surface area contributed by atoms with Crippen LogP contribution in [-0.2, 0) is 4.79 Å². The lowest BCUT2D eigenvalue weighted by Crippen LogP contribution is -2.50. The van der Waals surface area contributed by atoms with Crippen LogP contribution >= 0.6 is 0 Å². The van der Waals surface area contributed by atoms with Crippen LogP contribution in [-0.4, -0.2) is 67.4 Å². The third-order valence-electron chi connectivity index (χ3n) is 4.37. The zero-order valence-electron chi connectivity index (χ0n) is 15.7. The van der Waals surface area contributed by atoms with Gasteiger partial charge in [-0.3, -0.25) is 4.79 Å². The minimum absolute atomic E-state index is 0.0182. The highest BCUT2D eigenvalue weighted by Crippen LogP contribution is 2.19. The number of amides is 1. The molecular weight excluding hydrogens is 346 g/mol. The van der Waals surface area contributed by atoms with Gasteiger partial charge in [0.2, 0.25) is 0 Å². The van der Waals surface area contributed by atoms with Gasteiger partial charge in [-0.15, -0.1) is 10.2 Å². The lowest BCUT2D eigenvalue weighted by Gasteiger charge is -2.35. The van der Waals surface area contributed by atoms with E-state index < -0.39 is 0 Å². The van der Waals surface area contributed by atoms with Gasteiger partial charge in [0.15, 0.2) is 12.4 Å². The predicted molar refractivity (Wildman–Crippen MR) is 103 cm³/mol. The zero-order valence-corrected chi connectivity index (χ0v) is 15.7. The molecule has 0 aliphatic carbocycles. The fourth-order valence-corrected chi connectivity index (χ4v) is 2.88. The van der Waals surface area contributed by atoms with Crippen molar-refractivity contribution < 1.29 is 14.3 Å². The van der Waals surface area contributed by atoms with Crippen LogP contribution in [0.3, 0.4) is 0 Å². The molecule has 144 valence electrons. The second-order valence-corrected chi connectivity index (χ2v) is 6.14. The molecule has 0 saturated carbocycles. The van der Waals surface area contributed by atoms with Gasteiger partial charge in [0.05, 0.1) is 7.11 Å². The fraction of sp³-hybridized carbons (Fsp3) is 0.421. The van der Waals surface area contributed by atoms with E-state index in [0.717, 1.165) is 31.3 Å². The average molecular weight is 371 g/mol. The molecule has 2 heterocycles. The van der Waals surface area contributed by atoms with E-state index in [0.29, 0.717) is 24.6 Å². The molecule has 2 aromatic rings. The summed E-state index contributed by atoms with van der Waals surface area (Å²) in [5.41, 5.74) is 0. The predicted octanol–water partition coefficient (Wildman–Crippen LogP) is 1.64. The number of rotatable bonds is 7. The molecule has 1 aliphatic rings. The van der Waals surface area contributed by atoms with Crippen molar-refractivity contribution in [2.24, 2.45) is 0 Å². The SMILES string of the molecule is CCNc1ccc(N2CCN(C(=O)COc3cccc(OC)c3)CC2)nn1. The standard InChI is InChI=1S/C19H25N5O3/c1-3-20-17-7-8-18(22-21-17)23-9-11-24(12-10-23)19(25)14-27-16-6-4-5-15(13-16)26-2/h4-8,13H,3,9-12,14H2,1-2H3,(H,20,21). The number of aromatic nitrogens is 2. The Morgan fingerprint density at radius 2 is 1.89 bits per heavy atom. The topological polar surface area (TPSA) is 79.8 Å². The molecule has 8 heteroatoms. The summed E-state index contributed by atoms with van der Waals surface area (Å²) in [7, 11) is 1.60. The second kappa shape index (κ2) is 9.07. The Bertz CT molecular complexity index is 745.